The van der Waals surface area contributed by atoms with E-state index in [1.807, 2.05) is 38.2 Å². The van der Waals surface area contributed by atoms with Crippen LogP contribution in [0.3, 0.4) is 0 Å². The normalized spacial score (nSPS) is 16.6. The minimum atomic E-state index is -3.19. The van der Waals surface area contributed by atoms with Gasteiger partial charge in [-0.15, -0.1) is 0 Å². The number of nitrogens with one attached hydrogen (secondary N) is 2. The molecule has 1 atom stereocenters. The third kappa shape index (κ3) is 4.63. The number of hydrogen-bond acceptors (Lipinski definition) is 8. The van der Waals surface area contributed by atoms with Crippen molar-refractivity contribution in [3.63, 3.8) is 0 Å². The van der Waals surface area contributed by atoms with E-state index in [0.717, 1.165) is 27.8 Å². The molecule has 35 heavy (non-hydrogen) atoms. The summed E-state index contributed by atoms with van der Waals surface area (Å²) in [5, 5.41) is 5.93. The topological polar surface area (TPSA) is 120 Å². The van der Waals surface area contributed by atoms with E-state index in [9.17, 15) is 8.42 Å². The lowest BCUT2D eigenvalue weighted by Crippen LogP contribution is -2.45. The minimum absolute atomic E-state index is 0.143. The number of anilines is 2. The number of aromatic nitrogens is 5. The second-order valence-electron chi connectivity index (χ2n) is 8.90. The Morgan fingerprint density at radius 1 is 1.23 bits per heavy atom. The summed E-state index contributed by atoms with van der Waals surface area (Å²) in [6.45, 7) is 3.01. The largest absolute Gasteiger partial charge is 0.360 e. The fraction of sp³-hybridized carbons (Fsp3) is 0.391. The Morgan fingerprint density at radius 2 is 2.00 bits per heavy atom. The van der Waals surface area contributed by atoms with Crippen LogP contribution in [0.2, 0.25) is 5.02 Å². The average molecular weight is 515 g/mol. The van der Waals surface area contributed by atoms with Crippen LogP contribution in [0.4, 0.5) is 11.6 Å². The molecule has 0 aliphatic carbocycles. The van der Waals surface area contributed by atoms with E-state index in [1.54, 1.807) is 6.33 Å². The van der Waals surface area contributed by atoms with Crippen LogP contribution in [0, 0.1) is 0 Å². The standard InChI is InChI=1S/C23H27ClN8O2S/c1-14(29-22-20-21(26-12-25-20)27-13-28-22)18-11-15-5-4-6-17(24)19(15)23(30-18)31(2)16-7-9-32(10-8-16)35(3,33)34/h4-6,11-14,16H,7-10H2,1-3H3,(H2,25,26,27,28,29). The molecule has 1 saturated heterocycles. The molecule has 2 N–H and O–H groups in total. The number of aromatic amines is 1. The Labute approximate surface area is 208 Å². The molecule has 1 fully saturated rings. The molecule has 4 aromatic rings. The monoisotopic (exact) mass is 514 g/mol. The lowest BCUT2D eigenvalue weighted by atomic mass is 10.0. The van der Waals surface area contributed by atoms with Crippen molar-refractivity contribution in [2.75, 3.05) is 36.6 Å². The molecule has 3 aromatic heterocycles. The number of piperidine rings is 1. The Balaban J connectivity index is 1.48. The van der Waals surface area contributed by atoms with E-state index in [0.29, 0.717) is 42.4 Å². The number of hydrogen-bond donors (Lipinski definition) is 2. The van der Waals surface area contributed by atoms with Crippen molar-refractivity contribution in [2.45, 2.75) is 31.8 Å². The maximum atomic E-state index is 11.9. The van der Waals surface area contributed by atoms with Crippen LogP contribution in [0.5, 0.6) is 0 Å². The molecule has 0 spiro atoms. The zero-order valence-electron chi connectivity index (χ0n) is 19.7. The zero-order valence-corrected chi connectivity index (χ0v) is 21.3. The van der Waals surface area contributed by atoms with Gasteiger partial charge >= 0.3 is 0 Å². The number of imidazole rings is 1. The highest BCUT2D eigenvalue weighted by Crippen LogP contribution is 2.35. The third-order valence-electron chi connectivity index (χ3n) is 6.60. The zero-order chi connectivity index (χ0) is 24.7. The number of H-pyrrole nitrogens is 1. The van der Waals surface area contributed by atoms with Crippen molar-refractivity contribution in [2.24, 2.45) is 0 Å². The first-order valence-electron chi connectivity index (χ1n) is 11.4. The molecule has 4 heterocycles. The quantitative estimate of drug-likeness (QED) is 0.400. The Hall–Kier alpha value is -3.02. The molecular formula is C23H27ClN8O2S. The maximum absolute atomic E-state index is 11.9. The highest BCUT2D eigenvalue weighted by molar-refractivity contribution is 7.88. The van der Waals surface area contributed by atoms with Crippen LogP contribution >= 0.6 is 11.6 Å². The summed E-state index contributed by atoms with van der Waals surface area (Å²) >= 11 is 6.64. The van der Waals surface area contributed by atoms with Crippen LogP contribution in [0.25, 0.3) is 21.9 Å². The summed E-state index contributed by atoms with van der Waals surface area (Å²) in [4.78, 5) is 23.0. The molecule has 1 aliphatic heterocycles. The van der Waals surface area contributed by atoms with Gasteiger partial charge in [-0.05, 0) is 37.3 Å². The first-order valence-corrected chi connectivity index (χ1v) is 13.6. The molecule has 1 unspecified atom stereocenters. The first-order chi connectivity index (χ1) is 16.7. The number of sulfonamides is 1. The maximum Gasteiger partial charge on any atom is 0.211 e. The van der Waals surface area contributed by atoms with Gasteiger partial charge in [-0.25, -0.2) is 32.7 Å². The van der Waals surface area contributed by atoms with E-state index in [1.165, 1.54) is 16.9 Å². The Bertz CT molecular complexity index is 1480. The van der Waals surface area contributed by atoms with Crippen LogP contribution < -0.4 is 10.2 Å². The third-order valence-corrected chi connectivity index (χ3v) is 8.22. The van der Waals surface area contributed by atoms with Gasteiger partial charge in [0, 0.05) is 31.6 Å². The van der Waals surface area contributed by atoms with Gasteiger partial charge in [-0.1, -0.05) is 23.7 Å². The summed E-state index contributed by atoms with van der Waals surface area (Å²) in [7, 11) is -1.18. The second-order valence-corrected chi connectivity index (χ2v) is 11.3. The van der Waals surface area contributed by atoms with Gasteiger partial charge in [-0.2, -0.15) is 0 Å². The second kappa shape index (κ2) is 9.21. The van der Waals surface area contributed by atoms with E-state index in [4.69, 9.17) is 16.6 Å². The fourth-order valence-electron chi connectivity index (χ4n) is 4.63. The van der Waals surface area contributed by atoms with Crippen molar-refractivity contribution in [1.29, 1.82) is 0 Å². The molecule has 10 nitrogen and oxygen atoms in total. The number of rotatable bonds is 6. The van der Waals surface area contributed by atoms with E-state index in [2.05, 4.69) is 30.2 Å². The summed E-state index contributed by atoms with van der Waals surface area (Å²) in [6.07, 6.45) is 5.77. The summed E-state index contributed by atoms with van der Waals surface area (Å²) < 4.78 is 25.4. The number of fused-ring (bicyclic) bond motifs is 2. The predicted octanol–water partition coefficient (Wildman–Crippen LogP) is 3.59. The number of benzene rings is 1. The van der Waals surface area contributed by atoms with Gasteiger partial charge in [0.2, 0.25) is 10.0 Å². The van der Waals surface area contributed by atoms with E-state index >= 15 is 0 Å². The van der Waals surface area contributed by atoms with Crippen molar-refractivity contribution >= 4 is 55.2 Å². The highest BCUT2D eigenvalue weighted by atomic mass is 35.5. The smallest absolute Gasteiger partial charge is 0.211 e. The molecule has 0 saturated carbocycles. The lowest BCUT2D eigenvalue weighted by molar-refractivity contribution is 0.316. The van der Waals surface area contributed by atoms with Gasteiger partial charge in [0.25, 0.3) is 0 Å². The molecule has 0 amide bonds. The van der Waals surface area contributed by atoms with Gasteiger partial charge < -0.3 is 15.2 Å². The SMILES string of the molecule is CC(Nc1ncnc2nc[nH]c12)c1cc2cccc(Cl)c2c(N(C)C2CCN(S(C)(=O)=O)CC2)n1. The van der Waals surface area contributed by atoms with E-state index < -0.39 is 10.0 Å². The average Bonchev–Trinajstić information content (AvgIpc) is 3.32. The molecule has 1 aromatic carbocycles. The number of pyridine rings is 1. The minimum Gasteiger partial charge on any atom is -0.360 e. The molecule has 1 aliphatic rings. The molecule has 12 heteroatoms. The molecule has 0 bridgehead atoms. The Kier molecular flexibility index (Phi) is 6.24. The van der Waals surface area contributed by atoms with Crippen LogP contribution in [0.15, 0.2) is 36.9 Å². The van der Waals surface area contributed by atoms with Crippen molar-refractivity contribution in [1.82, 2.24) is 29.2 Å². The molecule has 5 rings (SSSR count). The summed E-state index contributed by atoms with van der Waals surface area (Å²) in [5.41, 5.74) is 2.16. The number of halogens is 1. The van der Waals surface area contributed by atoms with Crippen LogP contribution in [0.1, 0.15) is 31.5 Å². The molecular weight excluding hydrogens is 488 g/mol. The van der Waals surface area contributed by atoms with Crippen molar-refractivity contribution in [3.05, 3.63) is 47.6 Å². The van der Waals surface area contributed by atoms with Crippen LogP contribution in [-0.2, 0) is 10.0 Å². The lowest BCUT2D eigenvalue weighted by Gasteiger charge is -2.37. The van der Waals surface area contributed by atoms with Crippen LogP contribution in [-0.4, -0.2) is 70.1 Å². The first kappa shape index (κ1) is 23.7. The van der Waals surface area contributed by atoms with Crippen molar-refractivity contribution < 1.29 is 8.42 Å². The van der Waals surface area contributed by atoms with Gasteiger partial charge in [0.05, 0.1) is 29.3 Å². The number of nitrogens with zero attached hydrogens (tertiary/aromatic N) is 6. The Morgan fingerprint density at radius 3 is 2.74 bits per heavy atom. The molecule has 184 valence electrons. The van der Waals surface area contributed by atoms with Gasteiger partial charge in [-0.3, -0.25) is 0 Å². The summed E-state index contributed by atoms with van der Waals surface area (Å²) in [5.74, 6) is 1.43. The highest BCUT2D eigenvalue weighted by Gasteiger charge is 2.29. The van der Waals surface area contributed by atoms with Gasteiger partial charge in [0.1, 0.15) is 17.7 Å². The van der Waals surface area contributed by atoms with Gasteiger partial charge in [0.15, 0.2) is 11.5 Å². The van der Waals surface area contributed by atoms with Crippen molar-refractivity contribution in [3.8, 4) is 0 Å². The predicted molar refractivity (Wildman–Crippen MR) is 138 cm³/mol. The fourth-order valence-corrected chi connectivity index (χ4v) is 5.77. The molecule has 0 radical (unpaired) electrons. The van der Waals surface area contributed by atoms with E-state index in [-0.39, 0.29) is 12.1 Å². The summed E-state index contributed by atoms with van der Waals surface area (Å²) in [6, 6.07) is 7.84.